The van der Waals surface area contributed by atoms with Gasteiger partial charge in [0, 0.05) is 35.1 Å². The molecule has 1 fully saturated rings. The molecule has 11 heteroatoms. The normalized spacial score (nSPS) is 26.5. The van der Waals surface area contributed by atoms with Gasteiger partial charge < -0.3 is 19.9 Å². The first-order valence-electron chi connectivity index (χ1n) is 13.5. The monoisotopic (exact) mass is 627 g/mol. The van der Waals surface area contributed by atoms with E-state index in [1.54, 1.807) is 30.5 Å². The molecule has 1 saturated heterocycles. The number of benzene rings is 2. The van der Waals surface area contributed by atoms with Crippen molar-refractivity contribution in [1.82, 2.24) is 0 Å². The quantitative estimate of drug-likeness (QED) is 0.204. The van der Waals surface area contributed by atoms with Crippen LogP contribution in [0.15, 0.2) is 87.7 Å². The molecule has 0 bridgehead atoms. The highest BCUT2D eigenvalue weighted by Crippen LogP contribution is 2.55. The lowest BCUT2D eigenvalue weighted by Crippen LogP contribution is -2.41. The summed E-state index contributed by atoms with van der Waals surface area (Å²) in [4.78, 5) is 55.7. The number of anilines is 1. The van der Waals surface area contributed by atoms with E-state index >= 15 is 0 Å². The second-order valence-electron chi connectivity index (χ2n) is 11.2. The van der Waals surface area contributed by atoms with Crippen LogP contribution in [0.2, 0.25) is 0 Å². The maximum Gasteiger partial charge on any atom is 0.488 e. The number of allylic oxidation sites excluding steroid dienone is 7. The first kappa shape index (κ1) is 26.8. The molecule has 0 spiro atoms. The van der Waals surface area contributed by atoms with Crippen LogP contribution < -0.4 is 15.1 Å². The van der Waals surface area contributed by atoms with Gasteiger partial charge in [0.05, 0.1) is 28.3 Å². The van der Waals surface area contributed by atoms with Crippen molar-refractivity contribution in [3.63, 3.8) is 0 Å². The van der Waals surface area contributed by atoms with Crippen molar-refractivity contribution in [2.45, 2.75) is 19.3 Å². The van der Waals surface area contributed by atoms with Gasteiger partial charge in [-0.1, -0.05) is 23.8 Å². The lowest BCUT2D eigenvalue weighted by atomic mass is 9.59. The predicted octanol–water partition coefficient (Wildman–Crippen LogP) is 2.39. The molecule has 0 unspecified atom stereocenters. The Bertz CT molecular complexity index is 1750. The fraction of sp³-hybridized carbons (Fsp3) is 0.226. The number of Topliss-reactive ketones (excluding diaryl/α,β-unsaturated/α-hetero) is 1. The third-order valence-corrected chi connectivity index (χ3v) is 9.49. The summed E-state index contributed by atoms with van der Waals surface area (Å²) in [5.74, 6) is -3.42. The minimum atomic E-state index is -1.77. The van der Waals surface area contributed by atoms with Crippen LogP contribution in [0.1, 0.15) is 18.4 Å². The summed E-state index contributed by atoms with van der Waals surface area (Å²) in [6.45, 7) is 0. The van der Waals surface area contributed by atoms with Crippen LogP contribution in [-0.4, -0.2) is 45.7 Å². The van der Waals surface area contributed by atoms with E-state index in [9.17, 15) is 34.3 Å². The number of carbonyl (C=O) groups is 4. The van der Waals surface area contributed by atoms with E-state index in [0.29, 0.717) is 28.9 Å². The van der Waals surface area contributed by atoms with Gasteiger partial charge in [-0.3, -0.25) is 24.1 Å². The third-order valence-electron chi connectivity index (χ3n) is 8.90. The second kappa shape index (κ2) is 9.76. The Balaban J connectivity index is 1.32. The Kier molecular flexibility index (Phi) is 6.23. The van der Waals surface area contributed by atoms with E-state index in [1.807, 2.05) is 6.08 Å². The Hall–Kier alpha value is -4.06. The number of amides is 2. The summed E-state index contributed by atoms with van der Waals surface area (Å²) in [5.41, 5.74) is 3.28. The van der Waals surface area contributed by atoms with E-state index in [4.69, 9.17) is 4.74 Å². The molecule has 2 aromatic carbocycles. The van der Waals surface area contributed by atoms with Gasteiger partial charge in [-0.25, -0.2) is 0 Å². The minimum Gasteiger partial charge on any atom is -0.508 e. The highest BCUT2D eigenvalue weighted by Gasteiger charge is 2.57. The zero-order chi connectivity index (χ0) is 29.4. The molecule has 0 saturated carbocycles. The minimum absolute atomic E-state index is 0.0727. The first-order chi connectivity index (χ1) is 20.1. The van der Waals surface area contributed by atoms with E-state index in [0.717, 1.165) is 16.0 Å². The van der Waals surface area contributed by atoms with Crippen LogP contribution in [0.3, 0.4) is 0 Å². The van der Waals surface area contributed by atoms with Gasteiger partial charge in [0.1, 0.15) is 11.5 Å². The topological polar surface area (TPSA) is 141 Å². The summed E-state index contributed by atoms with van der Waals surface area (Å²) in [5, 5.41) is 29.4. The average molecular weight is 628 g/mol. The van der Waals surface area contributed by atoms with E-state index in [-0.39, 0.29) is 45.8 Å². The van der Waals surface area contributed by atoms with E-state index < -0.39 is 42.6 Å². The number of nitrogens with zero attached hydrogens (tertiary/aromatic N) is 1. The number of phenols is 1. The van der Waals surface area contributed by atoms with Crippen molar-refractivity contribution in [1.29, 1.82) is 0 Å². The van der Waals surface area contributed by atoms with Crippen molar-refractivity contribution < 1.29 is 39.1 Å². The zero-order valence-corrected chi connectivity index (χ0v) is 23.6. The number of ketones is 2. The predicted molar refractivity (Wildman–Crippen MR) is 155 cm³/mol. The SMILES string of the molecule is O=C1C=C(Br)C(=O)C2=C1[C@@H](C1=COc3ccc(O)cc3C1)C1=CC[C@@H]3C(=O)N(c4cccc(B(O)O)c4)C(=O)[C@@H]3[C@@H]1C2. The van der Waals surface area contributed by atoms with Gasteiger partial charge in [0.15, 0.2) is 11.6 Å². The number of fused-ring (bicyclic) bond motifs is 4. The summed E-state index contributed by atoms with van der Waals surface area (Å²) in [6, 6.07) is 10.8. The Morgan fingerprint density at radius 1 is 1.00 bits per heavy atom. The molecule has 210 valence electrons. The fourth-order valence-electron chi connectivity index (χ4n) is 7.10. The Morgan fingerprint density at radius 2 is 1.81 bits per heavy atom. The van der Waals surface area contributed by atoms with Crippen LogP contribution in [0.5, 0.6) is 11.5 Å². The molecule has 2 aliphatic heterocycles. The molecule has 2 aromatic rings. The fourth-order valence-corrected chi connectivity index (χ4v) is 7.54. The second-order valence-corrected chi connectivity index (χ2v) is 12.0. The summed E-state index contributed by atoms with van der Waals surface area (Å²) in [7, 11) is -1.77. The summed E-state index contributed by atoms with van der Waals surface area (Å²) < 4.78 is 6.05. The molecule has 9 nitrogen and oxygen atoms in total. The van der Waals surface area contributed by atoms with Crippen molar-refractivity contribution in [2.75, 3.05) is 4.90 Å². The molecule has 2 amide bonds. The molecule has 0 radical (unpaired) electrons. The first-order valence-corrected chi connectivity index (χ1v) is 14.3. The van der Waals surface area contributed by atoms with Crippen LogP contribution >= 0.6 is 15.9 Å². The molecule has 3 aliphatic carbocycles. The van der Waals surface area contributed by atoms with Crippen molar-refractivity contribution in [3.8, 4) is 11.5 Å². The molecular formula is C31H23BBrNO8. The number of phenolic OH excluding ortho intramolecular Hbond substituents is 1. The van der Waals surface area contributed by atoms with Gasteiger partial charge in [-0.2, -0.15) is 0 Å². The number of carbonyl (C=O) groups excluding carboxylic acids is 4. The molecule has 0 aromatic heterocycles. The Morgan fingerprint density at radius 3 is 2.60 bits per heavy atom. The maximum absolute atomic E-state index is 14.0. The highest BCUT2D eigenvalue weighted by molar-refractivity contribution is 9.12. The lowest BCUT2D eigenvalue weighted by molar-refractivity contribution is -0.123. The number of hydrogen-bond donors (Lipinski definition) is 3. The number of halogens is 1. The summed E-state index contributed by atoms with van der Waals surface area (Å²) >= 11 is 3.23. The zero-order valence-electron chi connectivity index (χ0n) is 22.0. The standard InChI is InChI=1S/C31H23BBrNO8/c33-23-12-24(36)28-22(29(23)37)11-21-19(26(28)15-8-14-9-18(35)4-7-25(14)42-13-15)5-6-20-27(21)31(39)34(30(20)38)17-3-1-2-16(10-17)32(40)41/h1-5,7,9-10,12-13,20-21,26-27,35,40-41H,6,8,11H2/t20-,21+,26-,27-/m0/s1. The van der Waals surface area contributed by atoms with Gasteiger partial charge in [0.25, 0.3) is 0 Å². The largest absolute Gasteiger partial charge is 0.508 e. The molecule has 4 atom stereocenters. The van der Waals surface area contributed by atoms with Crippen LogP contribution in [-0.2, 0) is 25.6 Å². The van der Waals surface area contributed by atoms with Crippen molar-refractivity contribution in [3.05, 3.63) is 93.2 Å². The number of aromatic hydroxyl groups is 1. The van der Waals surface area contributed by atoms with E-state index in [2.05, 4.69) is 15.9 Å². The molecule has 42 heavy (non-hydrogen) atoms. The number of rotatable bonds is 3. The Labute approximate surface area is 248 Å². The molecule has 3 N–H and O–H groups in total. The van der Waals surface area contributed by atoms with Gasteiger partial charge in [-0.05, 0) is 76.1 Å². The van der Waals surface area contributed by atoms with E-state index in [1.165, 1.54) is 24.3 Å². The van der Waals surface area contributed by atoms with Gasteiger partial charge in [0.2, 0.25) is 11.8 Å². The average Bonchev–Trinajstić information content (AvgIpc) is 3.23. The maximum atomic E-state index is 14.0. The smallest absolute Gasteiger partial charge is 0.488 e. The molecule has 5 aliphatic rings. The molecular weight excluding hydrogens is 605 g/mol. The van der Waals surface area contributed by atoms with Crippen molar-refractivity contribution >= 4 is 57.6 Å². The van der Waals surface area contributed by atoms with Crippen molar-refractivity contribution in [2.24, 2.45) is 23.7 Å². The third kappa shape index (κ3) is 3.99. The van der Waals surface area contributed by atoms with Crippen LogP contribution in [0, 0.1) is 23.7 Å². The molecule has 7 rings (SSSR count). The van der Waals surface area contributed by atoms with Gasteiger partial charge >= 0.3 is 7.12 Å². The highest BCUT2D eigenvalue weighted by atomic mass is 79.9. The number of hydrogen-bond acceptors (Lipinski definition) is 8. The van der Waals surface area contributed by atoms with Crippen LogP contribution in [0.4, 0.5) is 5.69 Å². The van der Waals surface area contributed by atoms with Crippen LogP contribution in [0.25, 0.3) is 0 Å². The number of ether oxygens (including phenoxy) is 1. The lowest BCUT2D eigenvalue weighted by Gasteiger charge is -2.43. The van der Waals surface area contributed by atoms with Gasteiger partial charge in [-0.15, -0.1) is 0 Å². The molecule has 2 heterocycles. The summed E-state index contributed by atoms with van der Waals surface area (Å²) in [6.07, 6.45) is 5.53. The number of imide groups is 1.